The number of alkyl halides is 1. The van der Waals surface area contributed by atoms with Crippen molar-refractivity contribution >= 4 is 11.6 Å². The van der Waals surface area contributed by atoms with Crippen LogP contribution in [0, 0.1) is 29.1 Å². The summed E-state index contributed by atoms with van der Waals surface area (Å²) in [5.74, 6) is -0.0709. The molecule has 4 unspecified atom stereocenters. The van der Waals surface area contributed by atoms with Gasteiger partial charge in [0.25, 0.3) is 0 Å². The van der Waals surface area contributed by atoms with Gasteiger partial charge < -0.3 is 20.1 Å². The van der Waals surface area contributed by atoms with Crippen molar-refractivity contribution in [1.82, 2.24) is 0 Å². The van der Waals surface area contributed by atoms with Crippen LogP contribution < -0.4 is 0 Å². The van der Waals surface area contributed by atoms with Crippen molar-refractivity contribution in [3.8, 4) is 0 Å². The van der Waals surface area contributed by atoms with Gasteiger partial charge in [-0.25, -0.2) is 0 Å². The van der Waals surface area contributed by atoms with Crippen molar-refractivity contribution < 1.29 is 20.1 Å². The fraction of sp³-hybridized carbons (Fsp3) is 0.760. The summed E-state index contributed by atoms with van der Waals surface area (Å²) in [6, 6.07) is 10.2. The molecule has 0 heterocycles. The molecule has 4 saturated carbocycles. The summed E-state index contributed by atoms with van der Waals surface area (Å²) in [5, 5.41) is 33.3. The summed E-state index contributed by atoms with van der Waals surface area (Å²) < 4.78 is 6.57. The van der Waals surface area contributed by atoms with E-state index in [2.05, 4.69) is 19.1 Å². The van der Waals surface area contributed by atoms with E-state index in [0.29, 0.717) is 6.61 Å². The van der Waals surface area contributed by atoms with Gasteiger partial charge in [0.1, 0.15) is 0 Å². The number of hydrogen-bond donors (Lipinski definition) is 3. The highest BCUT2D eigenvalue weighted by Gasteiger charge is 2.68. The van der Waals surface area contributed by atoms with Gasteiger partial charge in [0.15, 0.2) is 0 Å². The van der Waals surface area contributed by atoms with Crippen molar-refractivity contribution in [2.45, 2.75) is 87.8 Å². The monoisotopic (exact) mass is 434 g/mol. The molecule has 4 fully saturated rings. The smallest absolute Gasteiger partial charge is 0.0847 e. The van der Waals surface area contributed by atoms with Crippen LogP contribution in [0.3, 0.4) is 0 Å². The molecule has 1 aromatic rings. The van der Waals surface area contributed by atoms with Gasteiger partial charge in [-0.1, -0.05) is 50.1 Å². The Morgan fingerprint density at radius 2 is 1.77 bits per heavy atom. The molecule has 0 radical (unpaired) electrons. The van der Waals surface area contributed by atoms with Crippen LogP contribution in [0.15, 0.2) is 30.3 Å². The van der Waals surface area contributed by atoms with Crippen molar-refractivity contribution in [3.63, 3.8) is 0 Å². The first-order chi connectivity index (χ1) is 14.4. The summed E-state index contributed by atoms with van der Waals surface area (Å²) in [7, 11) is 0. The number of fused-ring (bicyclic) bond motifs is 5. The first kappa shape index (κ1) is 21.2. The molecule has 0 bridgehead atoms. The molecule has 4 aliphatic carbocycles. The van der Waals surface area contributed by atoms with E-state index in [1.165, 1.54) is 0 Å². The summed E-state index contributed by atoms with van der Waals surface area (Å²) in [4.78, 5) is -0.544. The van der Waals surface area contributed by atoms with Crippen LogP contribution in [0.1, 0.15) is 57.4 Å². The first-order valence-corrected chi connectivity index (χ1v) is 12.1. The van der Waals surface area contributed by atoms with Gasteiger partial charge in [0.05, 0.1) is 35.9 Å². The van der Waals surface area contributed by atoms with E-state index in [0.717, 1.165) is 50.5 Å². The van der Waals surface area contributed by atoms with Crippen LogP contribution in [0.2, 0.25) is 0 Å². The topological polar surface area (TPSA) is 69.9 Å². The van der Waals surface area contributed by atoms with E-state index in [4.69, 9.17) is 16.3 Å². The summed E-state index contributed by atoms with van der Waals surface area (Å²) in [6.07, 6.45) is 4.09. The molecule has 30 heavy (non-hydrogen) atoms. The molecule has 5 rings (SSSR count). The van der Waals surface area contributed by atoms with Gasteiger partial charge in [-0.15, -0.1) is 11.6 Å². The molecule has 1 aromatic carbocycles. The van der Waals surface area contributed by atoms with E-state index >= 15 is 0 Å². The van der Waals surface area contributed by atoms with Crippen molar-refractivity contribution in [2.24, 2.45) is 29.1 Å². The first-order valence-electron chi connectivity index (χ1n) is 11.7. The Labute approximate surface area is 184 Å². The second-order valence-electron chi connectivity index (χ2n) is 10.6. The second kappa shape index (κ2) is 7.74. The Bertz CT molecular complexity index is 759. The maximum atomic E-state index is 11.3. The molecule has 10 atom stereocenters. The molecule has 166 valence electrons. The molecule has 5 heteroatoms. The average Bonchev–Trinajstić information content (AvgIpc) is 3.04. The molecule has 0 spiro atoms. The Morgan fingerprint density at radius 3 is 2.53 bits per heavy atom. The minimum atomic E-state index is -0.803. The van der Waals surface area contributed by atoms with E-state index in [-0.39, 0.29) is 35.2 Å². The third-order valence-electron chi connectivity index (χ3n) is 9.24. The average molecular weight is 435 g/mol. The minimum absolute atomic E-state index is 0.00467. The van der Waals surface area contributed by atoms with Crippen molar-refractivity contribution in [1.29, 1.82) is 0 Å². The van der Waals surface area contributed by atoms with Crippen LogP contribution in [0.5, 0.6) is 0 Å². The third kappa shape index (κ3) is 3.09. The maximum Gasteiger partial charge on any atom is 0.0847 e. The van der Waals surface area contributed by atoms with Gasteiger partial charge in [0.2, 0.25) is 0 Å². The predicted molar refractivity (Wildman–Crippen MR) is 116 cm³/mol. The van der Waals surface area contributed by atoms with Crippen LogP contribution in [-0.2, 0) is 11.3 Å². The molecular weight excluding hydrogens is 400 g/mol. The van der Waals surface area contributed by atoms with Crippen molar-refractivity contribution in [2.75, 3.05) is 0 Å². The Kier molecular flexibility index (Phi) is 5.47. The highest BCUT2D eigenvalue weighted by Crippen LogP contribution is 2.65. The van der Waals surface area contributed by atoms with Gasteiger partial charge in [-0.2, -0.15) is 0 Å². The normalized spacial score (nSPS) is 50.4. The van der Waals surface area contributed by atoms with Gasteiger partial charge in [-0.3, -0.25) is 0 Å². The zero-order chi connectivity index (χ0) is 21.1. The zero-order valence-corrected chi connectivity index (χ0v) is 18.5. The third-order valence-corrected chi connectivity index (χ3v) is 9.96. The van der Waals surface area contributed by atoms with Crippen LogP contribution >= 0.6 is 11.6 Å². The number of aliphatic hydroxyl groups is 3. The molecule has 0 aliphatic heterocycles. The van der Waals surface area contributed by atoms with Crippen LogP contribution in [0.25, 0.3) is 0 Å². The highest BCUT2D eigenvalue weighted by atomic mass is 35.5. The zero-order valence-electron chi connectivity index (χ0n) is 17.8. The maximum absolute atomic E-state index is 11.3. The van der Waals surface area contributed by atoms with E-state index in [1.807, 2.05) is 18.2 Å². The number of benzene rings is 1. The lowest BCUT2D eigenvalue weighted by Crippen LogP contribution is -2.69. The molecule has 0 saturated heterocycles. The van der Waals surface area contributed by atoms with E-state index in [9.17, 15) is 15.3 Å². The summed E-state index contributed by atoms with van der Waals surface area (Å²) in [5.41, 5.74) is 0.811. The van der Waals surface area contributed by atoms with Gasteiger partial charge >= 0.3 is 0 Å². The second-order valence-corrected chi connectivity index (χ2v) is 11.3. The SMILES string of the molecule is C[C@]12C[C@H](OCc3ccccc3)C3C(C1CC[C@@H]2O)[C@@H](O)[C@H](O)C1CCCC[C@]31Cl. The highest BCUT2D eigenvalue weighted by molar-refractivity contribution is 6.24. The van der Waals surface area contributed by atoms with E-state index in [1.54, 1.807) is 0 Å². The molecule has 4 nitrogen and oxygen atoms in total. The number of halogens is 1. The van der Waals surface area contributed by atoms with Crippen molar-refractivity contribution in [3.05, 3.63) is 35.9 Å². The van der Waals surface area contributed by atoms with E-state index < -0.39 is 23.2 Å². The summed E-state index contributed by atoms with van der Waals surface area (Å²) >= 11 is 7.45. The van der Waals surface area contributed by atoms with Crippen LogP contribution in [0.4, 0.5) is 0 Å². The van der Waals surface area contributed by atoms with Gasteiger partial charge in [0, 0.05) is 11.8 Å². The molecular formula is C25H35ClO4. The Balaban J connectivity index is 1.53. The lowest BCUT2D eigenvalue weighted by atomic mass is 9.47. The number of ether oxygens (including phenoxy) is 1. The number of rotatable bonds is 3. The largest absolute Gasteiger partial charge is 0.393 e. The quantitative estimate of drug-likeness (QED) is 0.631. The standard InChI is InChI=1S/C25H35ClO4/c1-24-13-18(30-14-15-7-3-2-4-8-15)21-20(16(24)10-11-19(24)27)23(29)22(28)17-9-5-6-12-25(17,21)26/h2-4,7-8,16-23,27-29H,5-6,9-14H2,1H3/t16?,17?,18-,19-,20?,21?,22+,23+,24-,25+/m0/s1. The minimum Gasteiger partial charge on any atom is -0.393 e. The van der Waals surface area contributed by atoms with Crippen LogP contribution in [-0.4, -0.2) is 44.6 Å². The summed E-state index contributed by atoms with van der Waals surface area (Å²) in [6.45, 7) is 2.65. The molecule has 0 aromatic heterocycles. The van der Waals surface area contributed by atoms with Gasteiger partial charge in [-0.05, 0) is 54.9 Å². The lowest BCUT2D eigenvalue weighted by Gasteiger charge is -2.63. The number of aliphatic hydroxyl groups excluding tert-OH is 3. The fourth-order valence-corrected chi connectivity index (χ4v) is 8.42. The number of hydrogen-bond acceptors (Lipinski definition) is 4. The Morgan fingerprint density at radius 1 is 1.00 bits per heavy atom. The fourth-order valence-electron chi connectivity index (χ4n) is 7.76. The molecule has 3 N–H and O–H groups in total. The predicted octanol–water partition coefficient (Wildman–Crippen LogP) is 3.89. The molecule has 4 aliphatic rings. The lowest BCUT2D eigenvalue weighted by molar-refractivity contribution is -0.219. The Hall–Kier alpha value is -0.650. The molecule has 0 amide bonds.